The third-order valence-corrected chi connectivity index (χ3v) is 2.65. The molecule has 2 amide bonds. The van der Waals surface area contributed by atoms with Crippen molar-refractivity contribution in [3.8, 4) is 0 Å². The first-order chi connectivity index (χ1) is 8.15. The molecule has 5 heteroatoms. The maximum Gasteiger partial charge on any atom is 0.239 e. The minimum Gasteiger partial charge on any atom is -0.467 e. The summed E-state index contributed by atoms with van der Waals surface area (Å²) < 4.78 is 5.16. The van der Waals surface area contributed by atoms with Gasteiger partial charge < -0.3 is 14.6 Å². The zero-order valence-electron chi connectivity index (χ0n) is 9.81. The fourth-order valence-corrected chi connectivity index (χ4v) is 1.54. The number of amides is 2. The van der Waals surface area contributed by atoms with Crippen LogP contribution in [-0.2, 0) is 16.1 Å². The number of hydrogen-bond donors (Lipinski definition) is 1. The van der Waals surface area contributed by atoms with E-state index in [1.807, 2.05) is 0 Å². The number of carbonyl (C=O) groups is 2. The van der Waals surface area contributed by atoms with Gasteiger partial charge in [-0.15, -0.1) is 0 Å². The summed E-state index contributed by atoms with van der Waals surface area (Å²) in [4.78, 5) is 24.5. The first kappa shape index (κ1) is 11.7. The second kappa shape index (κ2) is 5.03. The Bertz CT molecular complexity index is 396. The van der Waals surface area contributed by atoms with Crippen molar-refractivity contribution in [2.45, 2.75) is 32.4 Å². The summed E-state index contributed by atoms with van der Waals surface area (Å²) >= 11 is 0. The fourth-order valence-electron chi connectivity index (χ4n) is 1.54. The average Bonchev–Trinajstić information content (AvgIpc) is 2.92. The zero-order chi connectivity index (χ0) is 12.3. The summed E-state index contributed by atoms with van der Waals surface area (Å²) in [6.07, 6.45) is 3.64. The molecule has 0 saturated heterocycles. The van der Waals surface area contributed by atoms with Gasteiger partial charge in [-0.3, -0.25) is 9.59 Å². The predicted octanol–water partition coefficient (Wildman–Crippen LogP) is 0.907. The normalized spacial score (nSPS) is 14.4. The molecular weight excluding hydrogens is 220 g/mol. The molecule has 5 nitrogen and oxygen atoms in total. The van der Waals surface area contributed by atoms with E-state index < -0.39 is 0 Å². The number of nitrogens with zero attached hydrogens (tertiary/aromatic N) is 1. The lowest BCUT2D eigenvalue weighted by atomic mass is 10.3. The fraction of sp³-hybridized carbons (Fsp3) is 0.500. The van der Waals surface area contributed by atoms with Gasteiger partial charge in [0.2, 0.25) is 11.8 Å². The van der Waals surface area contributed by atoms with Gasteiger partial charge in [-0.2, -0.15) is 0 Å². The lowest BCUT2D eigenvalue weighted by Gasteiger charge is -2.19. The van der Waals surface area contributed by atoms with E-state index in [0.29, 0.717) is 18.3 Å². The molecule has 17 heavy (non-hydrogen) atoms. The Morgan fingerprint density at radius 3 is 2.82 bits per heavy atom. The lowest BCUT2D eigenvalue weighted by Crippen LogP contribution is -2.40. The highest BCUT2D eigenvalue weighted by Crippen LogP contribution is 2.18. The van der Waals surface area contributed by atoms with Crippen LogP contribution in [0.3, 0.4) is 0 Å². The van der Waals surface area contributed by atoms with Gasteiger partial charge in [0.25, 0.3) is 0 Å². The quantitative estimate of drug-likeness (QED) is 0.826. The van der Waals surface area contributed by atoms with E-state index in [4.69, 9.17) is 4.42 Å². The Labute approximate surface area is 99.8 Å². The molecule has 92 valence electrons. The molecule has 1 aromatic heterocycles. The van der Waals surface area contributed by atoms with E-state index in [0.717, 1.165) is 12.8 Å². The van der Waals surface area contributed by atoms with Gasteiger partial charge in [-0.05, 0) is 25.0 Å². The van der Waals surface area contributed by atoms with Crippen LogP contribution in [0.1, 0.15) is 25.5 Å². The van der Waals surface area contributed by atoms with E-state index in [9.17, 15) is 9.59 Å². The maximum absolute atomic E-state index is 11.6. The van der Waals surface area contributed by atoms with Crippen LogP contribution in [0.4, 0.5) is 0 Å². The van der Waals surface area contributed by atoms with Gasteiger partial charge in [0.05, 0.1) is 19.4 Å². The molecule has 1 saturated carbocycles. The Kier molecular flexibility index (Phi) is 3.46. The number of carbonyl (C=O) groups excluding carboxylic acids is 2. The van der Waals surface area contributed by atoms with Crippen LogP contribution in [0.15, 0.2) is 22.8 Å². The second-order valence-electron chi connectivity index (χ2n) is 4.30. The minimum atomic E-state index is -0.132. The maximum atomic E-state index is 11.6. The van der Waals surface area contributed by atoms with Gasteiger partial charge in [0.15, 0.2) is 0 Å². The van der Waals surface area contributed by atoms with E-state index >= 15 is 0 Å². The van der Waals surface area contributed by atoms with Crippen molar-refractivity contribution < 1.29 is 14.0 Å². The van der Waals surface area contributed by atoms with E-state index in [1.165, 1.54) is 11.8 Å². The topological polar surface area (TPSA) is 62.6 Å². The van der Waals surface area contributed by atoms with Crippen molar-refractivity contribution in [1.29, 1.82) is 0 Å². The van der Waals surface area contributed by atoms with E-state index in [-0.39, 0.29) is 18.4 Å². The second-order valence-corrected chi connectivity index (χ2v) is 4.30. The van der Waals surface area contributed by atoms with Crippen molar-refractivity contribution >= 4 is 11.8 Å². The number of rotatable bonds is 5. The molecule has 1 aromatic rings. The standard InChI is InChI=1S/C12H16N2O3/c1-9(15)14(7-11-3-2-6-17-11)8-12(16)13-10-4-5-10/h2-3,6,10H,4-5,7-8H2,1H3,(H,13,16). The molecule has 0 aromatic carbocycles. The number of furan rings is 1. The smallest absolute Gasteiger partial charge is 0.239 e. The van der Waals surface area contributed by atoms with Crippen molar-refractivity contribution in [1.82, 2.24) is 10.2 Å². The van der Waals surface area contributed by atoms with Crippen LogP contribution in [0.2, 0.25) is 0 Å². The highest BCUT2D eigenvalue weighted by molar-refractivity contribution is 5.84. The third-order valence-electron chi connectivity index (χ3n) is 2.65. The summed E-state index contributed by atoms with van der Waals surface area (Å²) in [7, 11) is 0. The number of hydrogen-bond acceptors (Lipinski definition) is 3. The first-order valence-corrected chi connectivity index (χ1v) is 5.72. The molecule has 0 atom stereocenters. The molecular formula is C12H16N2O3. The lowest BCUT2D eigenvalue weighted by molar-refractivity contribution is -0.135. The van der Waals surface area contributed by atoms with Crippen LogP contribution < -0.4 is 5.32 Å². The Balaban J connectivity index is 1.87. The summed E-state index contributed by atoms with van der Waals surface area (Å²) in [5.74, 6) is 0.445. The first-order valence-electron chi connectivity index (χ1n) is 5.72. The largest absolute Gasteiger partial charge is 0.467 e. The molecule has 1 N–H and O–H groups in total. The monoisotopic (exact) mass is 236 g/mol. The predicted molar refractivity (Wildman–Crippen MR) is 61.0 cm³/mol. The average molecular weight is 236 g/mol. The van der Waals surface area contributed by atoms with Crippen LogP contribution in [0.25, 0.3) is 0 Å². The molecule has 1 aliphatic carbocycles. The number of nitrogens with one attached hydrogen (secondary N) is 1. The van der Waals surface area contributed by atoms with Crippen LogP contribution in [0, 0.1) is 0 Å². The van der Waals surface area contributed by atoms with Crippen molar-refractivity contribution in [3.05, 3.63) is 24.2 Å². The molecule has 1 aliphatic rings. The van der Waals surface area contributed by atoms with E-state index in [2.05, 4.69) is 5.32 Å². The molecule has 0 aliphatic heterocycles. The van der Waals surface area contributed by atoms with Gasteiger partial charge >= 0.3 is 0 Å². The van der Waals surface area contributed by atoms with Crippen LogP contribution in [0.5, 0.6) is 0 Å². The highest BCUT2D eigenvalue weighted by Gasteiger charge is 2.24. The zero-order valence-corrected chi connectivity index (χ0v) is 9.81. The third kappa shape index (κ3) is 3.62. The van der Waals surface area contributed by atoms with Crippen molar-refractivity contribution in [2.24, 2.45) is 0 Å². The molecule has 1 heterocycles. The van der Waals surface area contributed by atoms with Gasteiger partial charge in [0, 0.05) is 13.0 Å². The summed E-state index contributed by atoms with van der Waals surface area (Å²) in [5, 5.41) is 2.86. The highest BCUT2D eigenvalue weighted by atomic mass is 16.3. The Morgan fingerprint density at radius 1 is 1.53 bits per heavy atom. The van der Waals surface area contributed by atoms with Crippen LogP contribution in [-0.4, -0.2) is 29.3 Å². The Hall–Kier alpha value is -1.78. The summed E-state index contributed by atoms with van der Waals surface area (Å²) in [6, 6.07) is 3.87. The summed E-state index contributed by atoms with van der Waals surface area (Å²) in [6.45, 7) is 1.88. The molecule has 0 bridgehead atoms. The van der Waals surface area contributed by atoms with Gasteiger partial charge in [-0.25, -0.2) is 0 Å². The molecule has 2 rings (SSSR count). The SMILES string of the molecule is CC(=O)N(CC(=O)NC1CC1)Cc1ccco1. The van der Waals surface area contributed by atoms with Crippen molar-refractivity contribution in [2.75, 3.05) is 6.54 Å². The van der Waals surface area contributed by atoms with E-state index in [1.54, 1.807) is 18.4 Å². The van der Waals surface area contributed by atoms with Gasteiger partial charge in [-0.1, -0.05) is 0 Å². The molecule has 1 fully saturated rings. The molecule has 0 spiro atoms. The molecule has 0 unspecified atom stereocenters. The minimum absolute atomic E-state index is 0.0898. The van der Waals surface area contributed by atoms with Crippen LogP contribution >= 0.6 is 0 Å². The Morgan fingerprint density at radius 2 is 2.29 bits per heavy atom. The summed E-state index contributed by atoms with van der Waals surface area (Å²) in [5.41, 5.74) is 0. The van der Waals surface area contributed by atoms with Crippen molar-refractivity contribution in [3.63, 3.8) is 0 Å². The van der Waals surface area contributed by atoms with Gasteiger partial charge in [0.1, 0.15) is 5.76 Å². The molecule has 0 radical (unpaired) electrons.